The summed E-state index contributed by atoms with van der Waals surface area (Å²) in [6.07, 6.45) is 5.09. The predicted molar refractivity (Wildman–Crippen MR) is 63.7 cm³/mol. The smallest absolute Gasteiger partial charge is 0.407 e. The Morgan fingerprint density at radius 1 is 1.53 bits per heavy atom. The Morgan fingerprint density at radius 3 is 2.76 bits per heavy atom. The quantitative estimate of drug-likeness (QED) is 0.828. The average Bonchev–Trinajstić information content (AvgIpc) is 2.59. The molecule has 0 atom stereocenters. The summed E-state index contributed by atoms with van der Waals surface area (Å²) in [5, 5.41) is 2.86. The Morgan fingerprint density at radius 2 is 2.24 bits per heavy atom. The molecule has 5 heteroatoms. The van der Waals surface area contributed by atoms with Crippen molar-refractivity contribution in [3.8, 4) is 0 Å². The molecule has 1 heterocycles. The zero-order valence-corrected chi connectivity index (χ0v) is 10.5. The SMILES string of the molecule is CC(C)(C)OC(=O)N[C@H]1C[C@@H](c2ncc[nH]2)C1. The van der Waals surface area contributed by atoms with E-state index < -0.39 is 5.60 Å². The maximum atomic E-state index is 11.5. The normalized spacial score (nSPS) is 23.9. The summed E-state index contributed by atoms with van der Waals surface area (Å²) < 4.78 is 5.20. The van der Waals surface area contributed by atoms with Gasteiger partial charge >= 0.3 is 6.09 Å². The predicted octanol–water partition coefficient (Wildman–Crippen LogP) is 2.18. The molecule has 1 aromatic heterocycles. The van der Waals surface area contributed by atoms with E-state index >= 15 is 0 Å². The molecule has 17 heavy (non-hydrogen) atoms. The lowest BCUT2D eigenvalue weighted by atomic mass is 9.80. The first-order chi connectivity index (χ1) is 7.94. The van der Waals surface area contributed by atoms with E-state index in [1.165, 1.54) is 0 Å². The second kappa shape index (κ2) is 4.39. The molecule has 2 rings (SSSR count). The lowest BCUT2D eigenvalue weighted by molar-refractivity contribution is 0.0470. The van der Waals surface area contributed by atoms with Crippen molar-refractivity contribution in [2.24, 2.45) is 0 Å². The molecule has 94 valence electrons. The number of imidazole rings is 1. The van der Waals surface area contributed by atoms with Crippen LogP contribution in [0.3, 0.4) is 0 Å². The summed E-state index contributed by atoms with van der Waals surface area (Å²) in [4.78, 5) is 18.8. The lowest BCUT2D eigenvalue weighted by Gasteiger charge is -2.34. The second-order valence-electron chi connectivity index (χ2n) is 5.49. The Balaban J connectivity index is 1.72. The van der Waals surface area contributed by atoms with Gasteiger partial charge in [-0.25, -0.2) is 9.78 Å². The van der Waals surface area contributed by atoms with E-state index in [0.29, 0.717) is 5.92 Å². The number of nitrogens with one attached hydrogen (secondary N) is 2. The van der Waals surface area contributed by atoms with Gasteiger partial charge in [0, 0.05) is 24.4 Å². The number of aromatic amines is 1. The maximum Gasteiger partial charge on any atom is 0.407 e. The van der Waals surface area contributed by atoms with Crippen LogP contribution in [-0.2, 0) is 4.74 Å². The van der Waals surface area contributed by atoms with Crippen molar-refractivity contribution in [3.05, 3.63) is 18.2 Å². The molecule has 0 saturated heterocycles. The van der Waals surface area contributed by atoms with Gasteiger partial charge < -0.3 is 15.0 Å². The standard InChI is InChI=1S/C12H19N3O2/c1-12(2,3)17-11(16)15-9-6-8(7-9)10-13-4-5-14-10/h4-5,8-9H,6-7H2,1-3H3,(H,13,14)(H,15,16)/t8-,9+. The molecule has 1 aliphatic rings. The largest absolute Gasteiger partial charge is 0.444 e. The number of ether oxygens (including phenoxy) is 1. The number of nitrogens with zero attached hydrogens (tertiary/aromatic N) is 1. The molecule has 0 unspecified atom stereocenters. The van der Waals surface area contributed by atoms with Crippen molar-refractivity contribution >= 4 is 6.09 Å². The van der Waals surface area contributed by atoms with E-state index in [1.807, 2.05) is 27.0 Å². The Labute approximate surface area is 101 Å². The first-order valence-electron chi connectivity index (χ1n) is 5.93. The number of aromatic nitrogens is 2. The number of hydrogen-bond acceptors (Lipinski definition) is 3. The molecular formula is C12H19N3O2. The highest BCUT2D eigenvalue weighted by atomic mass is 16.6. The molecule has 1 aliphatic carbocycles. The minimum absolute atomic E-state index is 0.208. The van der Waals surface area contributed by atoms with E-state index in [1.54, 1.807) is 6.20 Å². The van der Waals surface area contributed by atoms with Gasteiger partial charge in [-0.2, -0.15) is 0 Å². The topological polar surface area (TPSA) is 67.0 Å². The number of carbonyl (C=O) groups excluding carboxylic acids is 1. The number of rotatable bonds is 2. The molecule has 0 spiro atoms. The summed E-state index contributed by atoms with van der Waals surface area (Å²) in [5.41, 5.74) is -0.436. The third kappa shape index (κ3) is 3.22. The van der Waals surface area contributed by atoms with Crippen LogP contribution in [0.4, 0.5) is 4.79 Å². The minimum atomic E-state index is -0.436. The number of alkyl carbamates (subject to hydrolysis) is 1. The van der Waals surface area contributed by atoms with E-state index in [-0.39, 0.29) is 12.1 Å². The molecular weight excluding hydrogens is 218 g/mol. The van der Waals surface area contributed by atoms with Crippen LogP contribution >= 0.6 is 0 Å². The summed E-state index contributed by atoms with van der Waals surface area (Å²) in [5.74, 6) is 1.44. The van der Waals surface area contributed by atoms with Gasteiger partial charge in [0.25, 0.3) is 0 Å². The van der Waals surface area contributed by atoms with Crippen molar-refractivity contribution in [1.29, 1.82) is 0 Å². The van der Waals surface area contributed by atoms with E-state index in [9.17, 15) is 4.79 Å². The van der Waals surface area contributed by atoms with E-state index in [0.717, 1.165) is 18.7 Å². The van der Waals surface area contributed by atoms with Crippen LogP contribution < -0.4 is 5.32 Å². The molecule has 1 amide bonds. The van der Waals surface area contributed by atoms with Crippen molar-refractivity contribution in [3.63, 3.8) is 0 Å². The third-order valence-corrected chi connectivity index (χ3v) is 2.77. The first kappa shape index (κ1) is 12.0. The van der Waals surface area contributed by atoms with Crippen LogP contribution in [0.5, 0.6) is 0 Å². The van der Waals surface area contributed by atoms with Crippen molar-refractivity contribution < 1.29 is 9.53 Å². The van der Waals surface area contributed by atoms with E-state index in [2.05, 4.69) is 15.3 Å². The summed E-state index contributed by atoms with van der Waals surface area (Å²) >= 11 is 0. The first-order valence-corrected chi connectivity index (χ1v) is 5.93. The van der Waals surface area contributed by atoms with Gasteiger partial charge in [-0.1, -0.05) is 0 Å². The third-order valence-electron chi connectivity index (χ3n) is 2.77. The van der Waals surface area contributed by atoms with Gasteiger partial charge in [0.1, 0.15) is 11.4 Å². The summed E-state index contributed by atoms with van der Waals surface area (Å²) in [7, 11) is 0. The molecule has 0 aliphatic heterocycles. The zero-order chi connectivity index (χ0) is 12.5. The van der Waals surface area contributed by atoms with Crippen LogP contribution in [0.2, 0.25) is 0 Å². The fourth-order valence-electron chi connectivity index (χ4n) is 1.93. The minimum Gasteiger partial charge on any atom is -0.444 e. The Hall–Kier alpha value is -1.52. The van der Waals surface area contributed by atoms with Crippen LogP contribution in [0.1, 0.15) is 45.4 Å². The summed E-state index contributed by atoms with van der Waals surface area (Å²) in [6, 6.07) is 0.208. The van der Waals surface area contributed by atoms with Crippen LogP contribution in [-0.4, -0.2) is 27.7 Å². The van der Waals surface area contributed by atoms with Crippen LogP contribution in [0, 0.1) is 0 Å². The molecule has 0 radical (unpaired) electrons. The Bertz CT molecular complexity index is 375. The number of carbonyl (C=O) groups is 1. The van der Waals surface area contributed by atoms with Crippen LogP contribution in [0.25, 0.3) is 0 Å². The van der Waals surface area contributed by atoms with Gasteiger partial charge in [0.05, 0.1) is 0 Å². The highest BCUT2D eigenvalue weighted by Gasteiger charge is 2.33. The monoisotopic (exact) mass is 237 g/mol. The zero-order valence-electron chi connectivity index (χ0n) is 10.5. The van der Waals surface area contributed by atoms with Crippen LogP contribution in [0.15, 0.2) is 12.4 Å². The molecule has 1 aromatic rings. The van der Waals surface area contributed by atoms with Gasteiger partial charge in [-0.3, -0.25) is 0 Å². The molecule has 5 nitrogen and oxygen atoms in total. The van der Waals surface area contributed by atoms with Crippen molar-refractivity contribution in [2.45, 2.75) is 51.2 Å². The van der Waals surface area contributed by atoms with Gasteiger partial charge in [-0.15, -0.1) is 0 Å². The number of amides is 1. The highest BCUT2D eigenvalue weighted by Crippen LogP contribution is 2.34. The molecule has 1 saturated carbocycles. The van der Waals surface area contributed by atoms with E-state index in [4.69, 9.17) is 4.74 Å². The van der Waals surface area contributed by atoms with Gasteiger partial charge in [0.2, 0.25) is 0 Å². The Kier molecular flexibility index (Phi) is 3.09. The molecule has 1 fully saturated rings. The number of H-pyrrole nitrogens is 1. The van der Waals surface area contributed by atoms with Crippen molar-refractivity contribution in [2.75, 3.05) is 0 Å². The molecule has 0 bridgehead atoms. The highest BCUT2D eigenvalue weighted by molar-refractivity contribution is 5.68. The lowest BCUT2D eigenvalue weighted by Crippen LogP contribution is -2.45. The second-order valence-corrected chi connectivity index (χ2v) is 5.49. The van der Waals surface area contributed by atoms with Crippen molar-refractivity contribution in [1.82, 2.24) is 15.3 Å². The molecule has 2 N–H and O–H groups in total. The number of hydrogen-bond donors (Lipinski definition) is 2. The average molecular weight is 237 g/mol. The summed E-state index contributed by atoms with van der Waals surface area (Å²) in [6.45, 7) is 5.58. The fourth-order valence-corrected chi connectivity index (χ4v) is 1.93. The molecule has 0 aromatic carbocycles. The van der Waals surface area contributed by atoms with Gasteiger partial charge in [0.15, 0.2) is 0 Å². The maximum absolute atomic E-state index is 11.5. The van der Waals surface area contributed by atoms with Gasteiger partial charge in [-0.05, 0) is 33.6 Å². The fraction of sp³-hybridized carbons (Fsp3) is 0.667.